The van der Waals surface area contributed by atoms with Gasteiger partial charge in [-0.2, -0.15) is 13.9 Å². The Bertz CT molecular complexity index is 953. The quantitative estimate of drug-likeness (QED) is 0.617. The van der Waals surface area contributed by atoms with Crippen LogP contribution < -0.4 is 14.8 Å². The van der Waals surface area contributed by atoms with E-state index in [0.29, 0.717) is 43.0 Å². The van der Waals surface area contributed by atoms with Gasteiger partial charge in [0, 0.05) is 31.9 Å². The number of amides is 1. The molecule has 0 fully saturated rings. The summed E-state index contributed by atoms with van der Waals surface area (Å²) in [5.41, 5.74) is 1.45. The molecule has 2 aliphatic rings. The molecule has 0 bridgehead atoms. The maximum absolute atomic E-state index is 12.7. The predicted octanol–water partition coefficient (Wildman–Crippen LogP) is 3.20. The van der Waals surface area contributed by atoms with Crippen LogP contribution in [0.15, 0.2) is 24.3 Å². The number of ether oxygens (including phenoxy) is 3. The first kappa shape index (κ1) is 22.4. The van der Waals surface area contributed by atoms with Crippen molar-refractivity contribution in [3.8, 4) is 11.6 Å². The fourth-order valence-electron chi connectivity index (χ4n) is 3.86. The van der Waals surface area contributed by atoms with Crippen molar-refractivity contribution in [2.75, 3.05) is 13.2 Å². The van der Waals surface area contributed by atoms with Crippen LogP contribution in [0, 0.1) is 0 Å². The fraction of sp³-hybridized carbons (Fsp3) is 0.524. The smallest absolute Gasteiger partial charge is 0.345 e. The van der Waals surface area contributed by atoms with Crippen molar-refractivity contribution in [1.29, 1.82) is 0 Å². The largest absolute Gasteiger partial charge is 0.491 e. The summed E-state index contributed by atoms with van der Waals surface area (Å²) in [5.74, 6) is 0.612. The van der Waals surface area contributed by atoms with Crippen LogP contribution in [0.5, 0.6) is 11.6 Å². The number of fused-ring (bicyclic) bond motifs is 2. The van der Waals surface area contributed by atoms with Crippen LogP contribution >= 0.6 is 0 Å². The Morgan fingerprint density at radius 1 is 1.28 bits per heavy atom. The molecule has 4 rings (SSSR count). The molecular weight excluding hydrogens is 434 g/mol. The number of benzene rings is 1. The molecule has 0 aliphatic carbocycles. The van der Waals surface area contributed by atoms with Gasteiger partial charge in [-0.25, -0.2) is 13.5 Å². The van der Waals surface area contributed by atoms with Gasteiger partial charge in [-0.15, -0.1) is 0 Å². The first-order valence-corrected chi connectivity index (χ1v) is 10.3. The minimum Gasteiger partial charge on any atom is -0.491 e. The number of aryl methyl sites for hydroxylation is 1. The lowest BCUT2D eigenvalue weighted by atomic mass is 9.99. The third kappa shape index (κ3) is 5.50. The topological polar surface area (TPSA) is 74.6 Å². The molecule has 7 nitrogen and oxygen atoms in total. The number of alkyl halides is 4. The molecule has 11 heteroatoms. The van der Waals surface area contributed by atoms with Gasteiger partial charge in [0.15, 0.2) is 5.69 Å². The van der Waals surface area contributed by atoms with Gasteiger partial charge in [-0.05, 0) is 23.6 Å². The average Bonchev–Trinajstić information content (AvgIpc) is 3.16. The van der Waals surface area contributed by atoms with Gasteiger partial charge in [0.05, 0.1) is 12.6 Å². The van der Waals surface area contributed by atoms with Crippen molar-refractivity contribution in [2.24, 2.45) is 0 Å². The lowest BCUT2D eigenvalue weighted by Crippen LogP contribution is -2.43. The van der Waals surface area contributed by atoms with Crippen LogP contribution in [0.4, 0.5) is 17.6 Å². The summed E-state index contributed by atoms with van der Waals surface area (Å²) in [4.78, 5) is 12.7. The summed E-state index contributed by atoms with van der Waals surface area (Å²) in [5, 5.41) is 7.11. The lowest BCUT2D eigenvalue weighted by molar-refractivity contribution is -0.133. The van der Waals surface area contributed by atoms with Gasteiger partial charge in [0.1, 0.15) is 18.5 Å². The number of hydrogen-bond donors (Lipinski definition) is 1. The van der Waals surface area contributed by atoms with E-state index in [1.165, 1.54) is 6.07 Å². The third-order valence-electron chi connectivity index (χ3n) is 5.37. The molecule has 2 atom stereocenters. The Kier molecular flexibility index (Phi) is 6.83. The number of halogens is 4. The zero-order valence-electron chi connectivity index (χ0n) is 17.1. The molecule has 1 aromatic heterocycles. The minimum atomic E-state index is -2.81. The van der Waals surface area contributed by atoms with Gasteiger partial charge in [0.2, 0.25) is 12.3 Å². The molecule has 1 amide bonds. The summed E-state index contributed by atoms with van der Waals surface area (Å²) < 4.78 is 66.7. The Balaban J connectivity index is 1.34. The maximum atomic E-state index is 12.7. The first-order valence-electron chi connectivity index (χ1n) is 10.3. The number of rotatable bonds is 8. The van der Waals surface area contributed by atoms with E-state index in [9.17, 15) is 22.4 Å². The lowest BCUT2D eigenvalue weighted by Gasteiger charge is -2.26. The molecule has 0 spiro atoms. The van der Waals surface area contributed by atoms with Crippen molar-refractivity contribution >= 4 is 5.91 Å². The van der Waals surface area contributed by atoms with Gasteiger partial charge in [-0.1, -0.05) is 12.1 Å². The van der Waals surface area contributed by atoms with Gasteiger partial charge < -0.3 is 19.5 Å². The first-order chi connectivity index (χ1) is 15.4. The number of nitrogens with zero attached hydrogens (tertiary/aromatic N) is 2. The number of nitrogens with one attached hydrogen (secondary N) is 1. The second kappa shape index (κ2) is 9.76. The molecule has 32 heavy (non-hydrogen) atoms. The Labute approximate surface area is 181 Å². The van der Waals surface area contributed by atoms with Crippen LogP contribution in [0.1, 0.15) is 34.5 Å². The molecule has 0 saturated heterocycles. The van der Waals surface area contributed by atoms with Crippen LogP contribution in [-0.4, -0.2) is 54.1 Å². The van der Waals surface area contributed by atoms with Gasteiger partial charge >= 0.3 is 6.61 Å². The Morgan fingerprint density at radius 3 is 2.91 bits per heavy atom. The molecule has 0 unspecified atom stereocenters. The molecule has 0 radical (unpaired) electrons. The Hall–Kier alpha value is -2.82. The van der Waals surface area contributed by atoms with Crippen molar-refractivity contribution < 1.29 is 36.6 Å². The van der Waals surface area contributed by atoms with Crippen molar-refractivity contribution in [1.82, 2.24) is 15.1 Å². The monoisotopic (exact) mass is 457 g/mol. The van der Waals surface area contributed by atoms with Crippen LogP contribution in [0.2, 0.25) is 0 Å². The van der Waals surface area contributed by atoms with E-state index in [1.54, 1.807) is 22.9 Å². The summed E-state index contributed by atoms with van der Waals surface area (Å²) >= 11 is 0. The van der Waals surface area contributed by atoms with E-state index in [1.807, 2.05) is 0 Å². The number of hydrogen-bond acceptors (Lipinski definition) is 5. The van der Waals surface area contributed by atoms with E-state index in [2.05, 4.69) is 15.2 Å². The number of aromatic nitrogens is 2. The molecule has 2 aromatic rings. The van der Waals surface area contributed by atoms with Crippen molar-refractivity contribution in [3.05, 3.63) is 41.1 Å². The highest BCUT2D eigenvalue weighted by molar-refractivity contribution is 5.92. The van der Waals surface area contributed by atoms with E-state index in [4.69, 9.17) is 9.47 Å². The Morgan fingerprint density at radius 2 is 2.12 bits per heavy atom. The second-order valence-electron chi connectivity index (χ2n) is 7.76. The molecule has 1 aromatic carbocycles. The second-order valence-corrected chi connectivity index (χ2v) is 7.76. The van der Waals surface area contributed by atoms with Crippen LogP contribution in [0.3, 0.4) is 0 Å². The zero-order chi connectivity index (χ0) is 22.7. The summed E-state index contributed by atoms with van der Waals surface area (Å²) in [6.07, 6.45) is -1.73. The SMILES string of the molecule is O=C(N[C@H]1COc2ccc(CC(F)F)cc2C1)c1cc2n(n1)CC[C@@H](CCOC(F)F)O2. The molecule has 1 N–H and O–H groups in total. The zero-order valence-corrected chi connectivity index (χ0v) is 17.1. The molecule has 3 heterocycles. The highest BCUT2D eigenvalue weighted by Gasteiger charge is 2.27. The summed E-state index contributed by atoms with van der Waals surface area (Å²) in [7, 11) is 0. The highest BCUT2D eigenvalue weighted by Crippen LogP contribution is 2.27. The summed E-state index contributed by atoms with van der Waals surface area (Å²) in [6.45, 7) is -2.18. The molecular formula is C21H23F4N3O4. The van der Waals surface area contributed by atoms with Crippen molar-refractivity contribution in [3.63, 3.8) is 0 Å². The standard InChI is InChI=1S/C21H23F4N3O4/c22-18(23)8-12-1-2-17-13(7-12)9-14(11-31-17)26-20(29)16-10-19-28(27-16)5-3-15(32-19)4-6-30-21(24)25/h1-2,7,10,14-15,18,21H,3-6,8-9,11H2,(H,26,29)/t14-,15+/m1/s1. The van der Waals surface area contributed by atoms with Crippen LogP contribution in [-0.2, 0) is 24.1 Å². The number of carbonyl (C=O) groups excluding carboxylic acids is 1. The van der Waals surface area contributed by atoms with E-state index in [-0.39, 0.29) is 37.5 Å². The third-order valence-corrected chi connectivity index (χ3v) is 5.37. The van der Waals surface area contributed by atoms with Gasteiger partial charge in [0.25, 0.3) is 5.91 Å². The molecule has 2 aliphatic heterocycles. The van der Waals surface area contributed by atoms with E-state index in [0.717, 1.165) is 5.56 Å². The van der Waals surface area contributed by atoms with Crippen molar-refractivity contribution in [2.45, 2.75) is 57.4 Å². The maximum Gasteiger partial charge on any atom is 0.345 e. The minimum absolute atomic E-state index is 0.119. The van der Waals surface area contributed by atoms with E-state index >= 15 is 0 Å². The number of carbonyl (C=O) groups is 1. The highest BCUT2D eigenvalue weighted by atomic mass is 19.3. The predicted molar refractivity (Wildman–Crippen MR) is 104 cm³/mol. The normalized spacial score (nSPS) is 19.8. The fourth-order valence-corrected chi connectivity index (χ4v) is 3.86. The molecule has 0 saturated carbocycles. The van der Waals surface area contributed by atoms with E-state index < -0.39 is 18.9 Å². The molecule has 174 valence electrons. The summed E-state index contributed by atoms with van der Waals surface area (Å²) in [6, 6.07) is 6.14. The van der Waals surface area contributed by atoms with Gasteiger partial charge in [-0.3, -0.25) is 4.79 Å². The van der Waals surface area contributed by atoms with Crippen LogP contribution in [0.25, 0.3) is 0 Å². The average molecular weight is 457 g/mol.